The van der Waals surface area contributed by atoms with Crippen molar-refractivity contribution in [1.82, 2.24) is 9.97 Å². The zero-order valence-corrected chi connectivity index (χ0v) is 6.99. The fourth-order valence-corrected chi connectivity index (χ4v) is 1.50. The van der Waals surface area contributed by atoms with Crippen molar-refractivity contribution in [3.05, 3.63) is 18.2 Å². The molecule has 1 saturated carbocycles. The second-order valence-electron chi connectivity index (χ2n) is 3.10. The molecule has 12 heavy (non-hydrogen) atoms. The average Bonchev–Trinajstić information content (AvgIpc) is 2.71. The van der Waals surface area contributed by atoms with Crippen molar-refractivity contribution in [3.8, 4) is 0 Å². The highest BCUT2D eigenvalue weighted by Gasteiger charge is 2.41. The molecular weight excluding hydrogens is 152 g/mol. The van der Waals surface area contributed by atoms with Crippen LogP contribution in [0.15, 0.2) is 17.5 Å². The van der Waals surface area contributed by atoms with Crippen LogP contribution in [0.1, 0.15) is 18.0 Å². The number of aliphatic imine (C=N–C) groups is 1. The van der Waals surface area contributed by atoms with Crippen LogP contribution < -0.4 is 5.73 Å². The van der Waals surface area contributed by atoms with Crippen molar-refractivity contribution >= 4 is 5.84 Å². The summed E-state index contributed by atoms with van der Waals surface area (Å²) in [6.45, 7) is 0. The van der Waals surface area contributed by atoms with Crippen LogP contribution in [0, 0.1) is 5.92 Å². The van der Waals surface area contributed by atoms with Crippen molar-refractivity contribution in [2.75, 3.05) is 7.05 Å². The van der Waals surface area contributed by atoms with Gasteiger partial charge in [0.05, 0.1) is 12.2 Å². The van der Waals surface area contributed by atoms with E-state index in [9.17, 15) is 0 Å². The van der Waals surface area contributed by atoms with Crippen LogP contribution in [-0.2, 0) is 0 Å². The van der Waals surface area contributed by atoms with E-state index in [4.69, 9.17) is 5.73 Å². The molecule has 4 nitrogen and oxygen atoms in total. The van der Waals surface area contributed by atoms with Gasteiger partial charge in [-0.05, 0) is 6.42 Å². The Morgan fingerprint density at radius 1 is 1.83 bits per heavy atom. The number of H-pyrrole nitrogens is 1. The van der Waals surface area contributed by atoms with Gasteiger partial charge in [0, 0.05) is 30.8 Å². The Labute approximate surface area is 70.9 Å². The van der Waals surface area contributed by atoms with Gasteiger partial charge in [-0.15, -0.1) is 0 Å². The Morgan fingerprint density at radius 2 is 2.67 bits per heavy atom. The van der Waals surface area contributed by atoms with Crippen LogP contribution in [-0.4, -0.2) is 22.9 Å². The lowest BCUT2D eigenvalue weighted by Crippen LogP contribution is -2.14. The number of nitrogens with two attached hydrogens (primary N) is 1. The molecule has 2 rings (SSSR count). The second kappa shape index (κ2) is 2.62. The molecule has 0 spiro atoms. The molecule has 0 aliphatic heterocycles. The number of hydrogen-bond donors (Lipinski definition) is 2. The fraction of sp³-hybridized carbons (Fsp3) is 0.500. The van der Waals surface area contributed by atoms with Gasteiger partial charge in [-0.3, -0.25) is 4.99 Å². The molecule has 0 amide bonds. The predicted octanol–water partition coefficient (Wildman–Crippen LogP) is 0.500. The minimum Gasteiger partial charge on any atom is -0.387 e. The van der Waals surface area contributed by atoms with E-state index in [1.807, 2.05) is 6.20 Å². The highest BCUT2D eigenvalue weighted by Crippen LogP contribution is 2.46. The largest absolute Gasteiger partial charge is 0.387 e. The molecule has 1 aliphatic carbocycles. The Balaban J connectivity index is 2.06. The van der Waals surface area contributed by atoms with Gasteiger partial charge in [-0.25, -0.2) is 4.98 Å². The number of nitrogens with one attached hydrogen (secondary N) is 1. The van der Waals surface area contributed by atoms with Crippen LogP contribution in [0.25, 0.3) is 0 Å². The van der Waals surface area contributed by atoms with Gasteiger partial charge in [-0.2, -0.15) is 0 Å². The second-order valence-corrected chi connectivity index (χ2v) is 3.10. The molecular formula is C8H12N4. The lowest BCUT2D eigenvalue weighted by Gasteiger charge is -1.95. The zero-order valence-electron chi connectivity index (χ0n) is 6.99. The number of nitrogens with zero attached hydrogens (tertiary/aromatic N) is 2. The van der Waals surface area contributed by atoms with Crippen molar-refractivity contribution in [3.63, 3.8) is 0 Å². The van der Waals surface area contributed by atoms with Crippen molar-refractivity contribution in [2.24, 2.45) is 16.6 Å². The summed E-state index contributed by atoms with van der Waals surface area (Å²) in [4.78, 5) is 11.0. The van der Waals surface area contributed by atoms with Crippen LogP contribution in [0.4, 0.5) is 0 Å². The molecule has 1 fully saturated rings. The summed E-state index contributed by atoms with van der Waals surface area (Å²) in [6, 6.07) is 0. The molecule has 0 saturated heterocycles. The molecule has 4 heteroatoms. The Morgan fingerprint density at radius 3 is 3.25 bits per heavy atom. The number of aromatic nitrogens is 2. The van der Waals surface area contributed by atoms with Gasteiger partial charge < -0.3 is 10.7 Å². The average molecular weight is 164 g/mol. The zero-order chi connectivity index (χ0) is 8.55. The summed E-state index contributed by atoms with van der Waals surface area (Å²) in [7, 11) is 1.73. The van der Waals surface area contributed by atoms with E-state index in [0.29, 0.717) is 11.8 Å². The maximum Gasteiger partial charge on any atom is 0.0971 e. The summed E-state index contributed by atoms with van der Waals surface area (Å²) in [5.41, 5.74) is 6.86. The number of hydrogen-bond acceptors (Lipinski definition) is 2. The normalized spacial score (nSPS) is 28.9. The smallest absolute Gasteiger partial charge is 0.0971 e. The third-order valence-electron chi connectivity index (χ3n) is 2.35. The first-order valence-corrected chi connectivity index (χ1v) is 4.03. The standard InChI is InChI=1S/C8H12N4/c1-10-8(9)6-2-5(6)7-3-11-4-12-7/h3-6H,2H2,1H3,(H2,9,10)(H,11,12). The van der Waals surface area contributed by atoms with Crippen molar-refractivity contribution in [1.29, 1.82) is 0 Å². The molecule has 1 aliphatic rings. The van der Waals surface area contributed by atoms with Crippen LogP contribution >= 0.6 is 0 Å². The molecule has 2 unspecified atom stereocenters. The number of amidine groups is 1. The van der Waals surface area contributed by atoms with E-state index in [0.717, 1.165) is 12.3 Å². The van der Waals surface area contributed by atoms with Gasteiger partial charge in [0.25, 0.3) is 0 Å². The maximum absolute atomic E-state index is 5.69. The number of rotatable bonds is 2. The summed E-state index contributed by atoms with van der Waals surface area (Å²) in [6.07, 6.45) is 4.66. The van der Waals surface area contributed by atoms with Crippen LogP contribution in [0.2, 0.25) is 0 Å². The summed E-state index contributed by atoms with van der Waals surface area (Å²) in [5.74, 6) is 1.72. The third kappa shape index (κ3) is 1.09. The summed E-state index contributed by atoms with van der Waals surface area (Å²) < 4.78 is 0. The summed E-state index contributed by atoms with van der Waals surface area (Å²) >= 11 is 0. The molecule has 2 atom stereocenters. The first kappa shape index (κ1) is 7.34. The fourth-order valence-electron chi connectivity index (χ4n) is 1.50. The SMILES string of the molecule is CN=C(N)C1CC1c1cnc[nH]1. The van der Waals surface area contributed by atoms with E-state index in [1.165, 1.54) is 5.69 Å². The maximum atomic E-state index is 5.69. The Kier molecular flexibility index (Phi) is 1.60. The minimum atomic E-state index is 0.440. The van der Waals surface area contributed by atoms with E-state index < -0.39 is 0 Å². The molecule has 1 heterocycles. The van der Waals surface area contributed by atoms with Gasteiger partial charge in [0.15, 0.2) is 0 Å². The van der Waals surface area contributed by atoms with Crippen molar-refractivity contribution < 1.29 is 0 Å². The molecule has 1 aromatic rings. The van der Waals surface area contributed by atoms with Gasteiger partial charge in [-0.1, -0.05) is 0 Å². The van der Waals surface area contributed by atoms with E-state index >= 15 is 0 Å². The molecule has 0 bridgehead atoms. The molecule has 64 valence electrons. The topological polar surface area (TPSA) is 67.1 Å². The first-order valence-electron chi connectivity index (χ1n) is 4.03. The number of imidazole rings is 1. The predicted molar refractivity (Wildman–Crippen MR) is 47.0 cm³/mol. The van der Waals surface area contributed by atoms with Crippen molar-refractivity contribution in [2.45, 2.75) is 12.3 Å². The van der Waals surface area contributed by atoms with Crippen LogP contribution in [0.3, 0.4) is 0 Å². The van der Waals surface area contributed by atoms with E-state index in [1.54, 1.807) is 13.4 Å². The van der Waals surface area contributed by atoms with E-state index in [-0.39, 0.29) is 0 Å². The lowest BCUT2D eigenvalue weighted by atomic mass is 10.2. The molecule has 1 aromatic heterocycles. The summed E-state index contributed by atoms with van der Waals surface area (Å²) in [5, 5.41) is 0. The third-order valence-corrected chi connectivity index (χ3v) is 2.35. The van der Waals surface area contributed by atoms with Gasteiger partial charge >= 0.3 is 0 Å². The van der Waals surface area contributed by atoms with E-state index in [2.05, 4.69) is 15.0 Å². The molecule has 0 aromatic carbocycles. The Hall–Kier alpha value is -1.32. The molecule has 0 radical (unpaired) electrons. The highest BCUT2D eigenvalue weighted by molar-refractivity contribution is 5.86. The lowest BCUT2D eigenvalue weighted by molar-refractivity contribution is 0.987. The monoisotopic (exact) mass is 164 g/mol. The first-order chi connectivity index (χ1) is 5.83. The highest BCUT2D eigenvalue weighted by atomic mass is 14.9. The number of aromatic amines is 1. The Bertz CT molecular complexity index is 288. The quantitative estimate of drug-likeness (QED) is 0.493. The molecule has 3 N–H and O–H groups in total. The minimum absolute atomic E-state index is 0.440. The van der Waals surface area contributed by atoms with Crippen LogP contribution in [0.5, 0.6) is 0 Å². The van der Waals surface area contributed by atoms with Gasteiger partial charge in [0.1, 0.15) is 0 Å². The van der Waals surface area contributed by atoms with Gasteiger partial charge in [0.2, 0.25) is 0 Å².